The van der Waals surface area contributed by atoms with E-state index in [2.05, 4.69) is 29.4 Å². The Kier molecular flexibility index (Phi) is 4.85. The first-order chi connectivity index (χ1) is 9.06. The number of benzene rings is 1. The molecule has 102 valence electrons. The van der Waals surface area contributed by atoms with E-state index in [4.69, 9.17) is 11.6 Å². The van der Waals surface area contributed by atoms with Crippen LogP contribution in [0.3, 0.4) is 0 Å². The summed E-state index contributed by atoms with van der Waals surface area (Å²) in [7, 11) is 0. The van der Waals surface area contributed by atoms with E-state index in [1.165, 1.54) is 23.5 Å². The predicted octanol–water partition coefficient (Wildman–Crippen LogP) is 3.74. The molecule has 3 nitrogen and oxygen atoms in total. The summed E-state index contributed by atoms with van der Waals surface area (Å²) in [4.78, 5) is 0. The second-order valence-corrected chi connectivity index (χ2v) is 6.15. The van der Waals surface area contributed by atoms with Crippen molar-refractivity contribution in [2.75, 3.05) is 6.54 Å². The van der Waals surface area contributed by atoms with E-state index < -0.39 is 0 Å². The Morgan fingerprint density at radius 2 is 2.16 bits per heavy atom. The van der Waals surface area contributed by atoms with Gasteiger partial charge in [0.2, 0.25) is 0 Å². The zero-order valence-electron chi connectivity index (χ0n) is 10.8. The molecule has 6 heteroatoms. The summed E-state index contributed by atoms with van der Waals surface area (Å²) in [5, 5.41) is 13.2. The molecule has 0 saturated carbocycles. The lowest BCUT2D eigenvalue weighted by Gasteiger charge is -2.04. The molecule has 0 fully saturated rings. The van der Waals surface area contributed by atoms with Crippen LogP contribution in [0.1, 0.15) is 18.9 Å². The minimum absolute atomic E-state index is 0.331. The normalized spacial score (nSPS) is 11.2. The Hall–Kier alpha value is -1.04. The third-order valence-electron chi connectivity index (χ3n) is 2.45. The Morgan fingerprint density at radius 1 is 1.37 bits per heavy atom. The van der Waals surface area contributed by atoms with Gasteiger partial charge in [-0.1, -0.05) is 36.8 Å². The van der Waals surface area contributed by atoms with Crippen LogP contribution in [0.25, 0.3) is 10.6 Å². The number of nitrogens with one attached hydrogen (secondary N) is 1. The molecule has 0 radical (unpaired) electrons. The number of hydrogen-bond acceptors (Lipinski definition) is 4. The summed E-state index contributed by atoms with van der Waals surface area (Å²) in [6.45, 7) is 5.85. The smallest absolute Gasteiger partial charge is 0.150 e. The van der Waals surface area contributed by atoms with Crippen molar-refractivity contribution in [3.05, 3.63) is 34.0 Å². The van der Waals surface area contributed by atoms with Crippen LogP contribution in [-0.4, -0.2) is 16.7 Å². The summed E-state index contributed by atoms with van der Waals surface area (Å²) in [5.41, 5.74) is 0.403. The van der Waals surface area contributed by atoms with Gasteiger partial charge in [0.1, 0.15) is 10.8 Å². The summed E-state index contributed by atoms with van der Waals surface area (Å²) in [6, 6.07) is 4.44. The number of aromatic nitrogens is 2. The van der Waals surface area contributed by atoms with Gasteiger partial charge in [0, 0.05) is 17.1 Å². The fourth-order valence-electron chi connectivity index (χ4n) is 1.56. The van der Waals surface area contributed by atoms with Gasteiger partial charge in [0.05, 0.1) is 0 Å². The largest absolute Gasteiger partial charge is 0.310 e. The maximum Gasteiger partial charge on any atom is 0.150 e. The molecule has 0 bridgehead atoms. The lowest BCUT2D eigenvalue weighted by atomic mass is 10.2. The molecular formula is C13H15ClFN3S. The van der Waals surface area contributed by atoms with Crippen LogP contribution in [0.4, 0.5) is 4.39 Å². The van der Waals surface area contributed by atoms with E-state index in [0.29, 0.717) is 28.1 Å². The van der Waals surface area contributed by atoms with Gasteiger partial charge < -0.3 is 5.32 Å². The first-order valence-electron chi connectivity index (χ1n) is 6.05. The molecule has 19 heavy (non-hydrogen) atoms. The van der Waals surface area contributed by atoms with Crippen molar-refractivity contribution in [2.24, 2.45) is 5.92 Å². The predicted molar refractivity (Wildman–Crippen MR) is 76.9 cm³/mol. The number of nitrogens with zero attached hydrogens (tertiary/aromatic N) is 2. The van der Waals surface area contributed by atoms with Gasteiger partial charge >= 0.3 is 0 Å². The van der Waals surface area contributed by atoms with E-state index >= 15 is 0 Å². The zero-order chi connectivity index (χ0) is 13.8. The quantitative estimate of drug-likeness (QED) is 0.914. The van der Waals surface area contributed by atoms with Crippen molar-refractivity contribution in [3.8, 4) is 10.6 Å². The molecule has 0 saturated heterocycles. The molecule has 1 aromatic carbocycles. The average Bonchev–Trinajstić information content (AvgIpc) is 2.80. The Bertz CT molecular complexity index is 557. The molecule has 0 aliphatic heterocycles. The molecule has 0 spiro atoms. The van der Waals surface area contributed by atoms with Crippen molar-refractivity contribution >= 4 is 22.9 Å². The molecule has 0 unspecified atom stereocenters. The second kappa shape index (κ2) is 6.41. The van der Waals surface area contributed by atoms with E-state index in [1.54, 1.807) is 6.07 Å². The van der Waals surface area contributed by atoms with Gasteiger partial charge in [-0.3, -0.25) is 0 Å². The van der Waals surface area contributed by atoms with Gasteiger partial charge in [-0.15, -0.1) is 10.2 Å². The van der Waals surface area contributed by atoms with Crippen molar-refractivity contribution < 1.29 is 4.39 Å². The standard InChI is InChI=1S/C13H15ClFN3S/c1-8(2)6-16-7-12-17-18-13(19-12)10-5-9(14)3-4-11(10)15/h3-5,8,16H,6-7H2,1-2H3. The molecule has 0 amide bonds. The summed E-state index contributed by atoms with van der Waals surface area (Å²) >= 11 is 7.25. The molecule has 1 heterocycles. The first kappa shape index (κ1) is 14.4. The van der Waals surface area contributed by atoms with Gasteiger partial charge in [0.15, 0.2) is 5.01 Å². The van der Waals surface area contributed by atoms with E-state index in [-0.39, 0.29) is 5.82 Å². The summed E-state index contributed by atoms with van der Waals surface area (Å²) in [5.74, 6) is 0.250. The Labute approximate surface area is 120 Å². The molecule has 0 aliphatic rings. The van der Waals surface area contributed by atoms with Crippen LogP contribution in [0, 0.1) is 11.7 Å². The van der Waals surface area contributed by atoms with Crippen molar-refractivity contribution in [3.63, 3.8) is 0 Å². The lowest BCUT2D eigenvalue weighted by molar-refractivity contribution is 0.550. The molecule has 1 aromatic heterocycles. The maximum atomic E-state index is 13.7. The fourth-order valence-corrected chi connectivity index (χ4v) is 2.56. The minimum atomic E-state index is -0.331. The summed E-state index contributed by atoms with van der Waals surface area (Å²) in [6.07, 6.45) is 0. The highest BCUT2D eigenvalue weighted by atomic mass is 35.5. The topological polar surface area (TPSA) is 37.8 Å². The highest BCUT2D eigenvalue weighted by molar-refractivity contribution is 7.14. The van der Waals surface area contributed by atoms with E-state index in [0.717, 1.165) is 11.6 Å². The van der Waals surface area contributed by atoms with Crippen LogP contribution >= 0.6 is 22.9 Å². The fraction of sp³-hybridized carbons (Fsp3) is 0.385. The Balaban J connectivity index is 2.10. The number of halogens is 2. The zero-order valence-corrected chi connectivity index (χ0v) is 12.4. The van der Waals surface area contributed by atoms with Gasteiger partial charge in [-0.25, -0.2) is 4.39 Å². The highest BCUT2D eigenvalue weighted by Crippen LogP contribution is 2.28. The number of hydrogen-bond donors (Lipinski definition) is 1. The van der Waals surface area contributed by atoms with Crippen LogP contribution < -0.4 is 5.32 Å². The molecule has 0 atom stereocenters. The van der Waals surface area contributed by atoms with Gasteiger partial charge in [0.25, 0.3) is 0 Å². The van der Waals surface area contributed by atoms with E-state index in [1.807, 2.05) is 0 Å². The van der Waals surface area contributed by atoms with Gasteiger partial charge in [-0.2, -0.15) is 0 Å². The minimum Gasteiger partial charge on any atom is -0.310 e. The van der Waals surface area contributed by atoms with E-state index in [9.17, 15) is 4.39 Å². The Morgan fingerprint density at radius 3 is 2.89 bits per heavy atom. The van der Waals surface area contributed by atoms with Gasteiger partial charge in [-0.05, 0) is 30.7 Å². The van der Waals surface area contributed by atoms with Crippen LogP contribution in [0.2, 0.25) is 5.02 Å². The maximum absolute atomic E-state index is 13.7. The van der Waals surface area contributed by atoms with Crippen molar-refractivity contribution in [2.45, 2.75) is 20.4 Å². The SMILES string of the molecule is CC(C)CNCc1nnc(-c2cc(Cl)ccc2F)s1. The monoisotopic (exact) mass is 299 g/mol. The number of rotatable bonds is 5. The van der Waals surface area contributed by atoms with Crippen LogP contribution in [-0.2, 0) is 6.54 Å². The second-order valence-electron chi connectivity index (χ2n) is 4.65. The first-order valence-corrected chi connectivity index (χ1v) is 7.24. The van der Waals surface area contributed by atoms with Crippen LogP contribution in [0.5, 0.6) is 0 Å². The third kappa shape index (κ3) is 3.96. The lowest BCUT2D eigenvalue weighted by Crippen LogP contribution is -2.18. The molecular weight excluding hydrogens is 285 g/mol. The molecule has 2 rings (SSSR count). The van der Waals surface area contributed by atoms with Crippen molar-refractivity contribution in [1.82, 2.24) is 15.5 Å². The highest BCUT2D eigenvalue weighted by Gasteiger charge is 2.11. The van der Waals surface area contributed by atoms with Crippen LogP contribution in [0.15, 0.2) is 18.2 Å². The van der Waals surface area contributed by atoms with Crippen molar-refractivity contribution in [1.29, 1.82) is 0 Å². The molecule has 0 aliphatic carbocycles. The molecule has 2 aromatic rings. The molecule has 1 N–H and O–H groups in total. The summed E-state index contributed by atoms with van der Waals surface area (Å²) < 4.78 is 13.7. The third-order valence-corrected chi connectivity index (χ3v) is 3.65. The average molecular weight is 300 g/mol.